The molecule has 0 aliphatic heterocycles. The van der Waals surface area contributed by atoms with Crippen LogP contribution in [0.1, 0.15) is 11.3 Å². The van der Waals surface area contributed by atoms with Gasteiger partial charge in [-0.15, -0.1) is 11.3 Å². The molecule has 2 N–H and O–H groups in total. The van der Waals surface area contributed by atoms with E-state index in [1.807, 2.05) is 17.9 Å². The maximum Gasteiger partial charge on any atom is 0.0795 e. The van der Waals surface area contributed by atoms with Crippen LogP contribution in [0.5, 0.6) is 0 Å². The third-order valence-electron chi connectivity index (χ3n) is 1.78. The molecule has 0 bridgehead atoms. The van der Waals surface area contributed by atoms with E-state index in [2.05, 4.69) is 26.7 Å². The second kappa shape index (κ2) is 4.20. The number of hydrogen-bond donors (Lipinski definition) is 2. The fourth-order valence-electron chi connectivity index (χ4n) is 1.13. The van der Waals surface area contributed by atoms with Crippen LogP contribution in [0, 0.1) is 0 Å². The first-order chi connectivity index (χ1) is 6.45. The SMILES string of the molecule is c1cc(CNCc2cscn2)c[nH]1. The predicted octanol–water partition coefficient (Wildman–Crippen LogP) is 1.76. The van der Waals surface area contributed by atoms with Crippen molar-refractivity contribution < 1.29 is 0 Å². The highest BCUT2D eigenvalue weighted by molar-refractivity contribution is 7.07. The van der Waals surface area contributed by atoms with Crippen LogP contribution in [0.2, 0.25) is 0 Å². The van der Waals surface area contributed by atoms with E-state index in [1.54, 1.807) is 11.3 Å². The molecule has 2 rings (SSSR count). The molecule has 3 nitrogen and oxygen atoms in total. The van der Waals surface area contributed by atoms with E-state index in [-0.39, 0.29) is 0 Å². The van der Waals surface area contributed by atoms with Gasteiger partial charge in [-0.1, -0.05) is 0 Å². The molecule has 4 heteroatoms. The third-order valence-corrected chi connectivity index (χ3v) is 2.42. The van der Waals surface area contributed by atoms with E-state index >= 15 is 0 Å². The molecule has 0 aliphatic rings. The molecule has 2 aromatic heterocycles. The summed E-state index contributed by atoms with van der Waals surface area (Å²) in [4.78, 5) is 7.20. The van der Waals surface area contributed by atoms with Crippen molar-refractivity contribution in [3.8, 4) is 0 Å². The third kappa shape index (κ3) is 2.40. The van der Waals surface area contributed by atoms with Crippen LogP contribution in [-0.4, -0.2) is 9.97 Å². The Bertz CT molecular complexity index is 291. The topological polar surface area (TPSA) is 40.7 Å². The highest BCUT2D eigenvalue weighted by atomic mass is 32.1. The van der Waals surface area contributed by atoms with Gasteiger partial charge >= 0.3 is 0 Å². The number of nitrogens with one attached hydrogen (secondary N) is 2. The Morgan fingerprint density at radius 1 is 1.46 bits per heavy atom. The molecule has 0 amide bonds. The summed E-state index contributed by atoms with van der Waals surface area (Å²) in [5.41, 5.74) is 4.24. The number of hydrogen-bond acceptors (Lipinski definition) is 3. The summed E-state index contributed by atoms with van der Waals surface area (Å²) in [5, 5.41) is 5.37. The fraction of sp³-hybridized carbons (Fsp3) is 0.222. The zero-order valence-electron chi connectivity index (χ0n) is 7.16. The first-order valence-corrected chi connectivity index (χ1v) is 5.09. The summed E-state index contributed by atoms with van der Waals surface area (Å²) in [6.45, 7) is 1.73. The lowest BCUT2D eigenvalue weighted by Crippen LogP contribution is -2.12. The molecule has 0 unspecified atom stereocenters. The summed E-state index contributed by atoms with van der Waals surface area (Å²) in [6.07, 6.45) is 3.92. The molecular weight excluding hydrogens is 182 g/mol. The van der Waals surface area contributed by atoms with Crippen molar-refractivity contribution in [1.29, 1.82) is 0 Å². The van der Waals surface area contributed by atoms with Crippen molar-refractivity contribution >= 4 is 11.3 Å². The predicted molar refractivity (Wildman–Crippen MR) is 53.5 cm³/mol. The Morgan fingerprint density at radius 2 is 2.46 bits per heavy atom. The maximum atomic E-state index is 4.18. The van der Waals surface area contributed by atoms with E-state index in [0.717, 1.165) is 18.8 Å². The van der Waals surface area contributed by atoms with Crippen molar-refractivity contribution in [2.24, 2.45) is 0 Å². The Kier molecular flexibility index (Phi) is 2.74. The average molecular weight is 193 g/mol. The van der Waals surface area contributed by atoms with Crippen LogP contribution in [0.3, 0.4) is 0 Å². The van der Waals surface area contributed by atoms with E-state index < -0.39 is 0 Å². The average Bonchev–Trinajstić information content (AvgIpc) is 2.75. The molecule has 2 heterocycles. The van der Waals surface area contributed by atoms with Crippen LogP contribution in [0.4, 0.5) is 0 Å². The van der Waals surface area contributed by atoms with Gasteiger partial charge in [0.05, 0.1) is 11.2 Å². The monoisotopic (exact) mass is 193 g/mol. The first-order valence-electron chi connectivity index (χ1n) is 4.14. The molecule has 0 atom stereocenters. The van der Waals surface area contributed by atoms with Gasteiger partial charge in [-0.3, -0.25) is 0 Å². The normalized spacial score (nSPS) is 10.5. The van der Waals surface area contributed by atoms with Gasteiger partial charge < -0.3 is 10.3 Å². The molecule has 2 aromatic rings. The minimum Gasteiger partial charge on any atom is -0.367 e. The molecule has 0 aliphatic carbocycles. The van der Waals surface area contributed by atoms with E-state index in [9.17, 15) is 0 Å². The Hall–Kier alpha value is -1.13. The number of H-pyrrole nitrogens is 1. The zero-order chi connectivity index (χ0) is 8.93. The number of aromatic nitrogens is 2. The Balaban J connectivity index is 1.76. The first kappa shape index (κ1) is 8.47. The largest absolute Gasteiger partial charge is 0.367 e. The second-order valence-corrected chi connectivity index (χ2v) is 3.52. The molecule has 13 heavy (non-hydrogen) atoms. The van der Waals surface area contributed by atoms with Crippen molar-refractivity contribution in [3.05, 3.63) is 40.6 Å². The zero-order valence-corrected chi connectivity index (χ0v) is 7.97. The molecule has 0 saturated heterocycles. The summed E-state index contributed by atoms with van der Waals surface area (Å²) >= 11 is 1.63. The van der Waals surface area contributed by atoms with Gasteiger partial charge in [-0.2, -0.15) is 0 Å². The Morgan fingerprint density at radius 3 is 3.15 bits per heavy atom. The number of thiazole rings is 1. The quantitative estimate of drug-likeness (QED) is 0.776. The lowest BCUT2D eigenvalue weighted by molar-refractivity contribution is 0.683. The molecule has 68 valence electrons. The van der Waals surface area contributed by atoms with Crippen molar-refractivity contribution in [1.82, 2.24) is 15.3 Å². The van der Waals surface area contributed by atoms with Crippen LogP contribution < -0.4 is 5.32 Å². The standard InChI is InChI=1S/C9H11N3S/c1-2-10-3-8(1)4-11-5-9-6-13-7-12-9/h1-3,6-7,10-11H,4-5H2. The van der Waals surface area contributed by atoms with Crippen LogP contribution in [0.15, 0.2) is 29.4 Å². The van der Waals surface area contributed by atoms with Gasteiger partial charge in [0.2, 0.25) is 0 Å². The van der Waals surface area contributed by atoms with Gasteiger partial charge in [-0.05, 0) is 11.6 Å². The van der Waals surface area contributed by atoms with Gasteiger partial charge in [0.1, 0.15) is 0 Å². The second-order valence-electron chi connectivity index (χ2n) is 2.80. The van der Waals surface area contributed by atoms with Gasteiger partial charge in [0.15, 0.2) is 0 Å². The minimum absolute atomic E-state index is 0.842. The summed E-state index contributed by atoms with van der Waals surface area (Å²) in [5.74, 6) is 0. The molecular formula is C9H11N3S. The number of aromatic amines is 1. The van der Waals surface area contributed by atoms with E-state index in [1.165, 1.54) is 5.56 Å². The van der Waals surface area contributed by atoms with Crippen molar-refractivity contribution in [2.45, 2.75) is 13.1 Å². The van der Waals surface area contributed by atoms with E-state index in [0.29, 0.717) is 0 Å². The molecule has 0 fully saturated rings. The van der Waals surface area contributed by atoms with Gasteiger partial charge in [0, 0.05) is 30.9 Å². The summed E-state index contributed by atoms with van der Waals surface area (Å²) < 4.78 is 0. The number of rotatable bonds is 4. The van der Waals surface area contributed by atoms with Crippen LogP contribution >= 0.6 is 11.3 Å². The molecule has 0 saturated carbocycles. The summed E-state index contributed by atoms with van der Waals surface area (Å²) in [7, 11) is 0. The fourth-order valence-corrected chi connectivity index (χ4v) is 1.69. The molecule has 0 aromatic carbocycles. The highest BCUT2D eigenvalue weighted by Gasteiger charge is 1.94. The number of nitrogens with zero attached hydrogens (tertiary/aromatic N) is 1. The van der Waals surface area contributed by atoms with Crippen molar-refractivity contribution in [3.63, 3.8) is 0 Å². The van der Waals surface area contributed by atoms with Gasteiger partial charge in [0.25, 0.3) is 0 Å². The molecule has 0 radical (unpaired) electrons. The Labute approximate surface area is 80.8 Å². The molecule has 0 spiro atoms. The van der Waals surface area contributed by atoms with Crippen LogP contribution in [-0.2, 0) is 13.1 Å². The lowest BCUT2D eigenvalue weighted by Gasteiger charge is -1.99. The van der Waals surface area contributed by atoms with E-state index in [4.69, 9.17) is 0 Å². The van der Waals surface area contributed by atoms with Gasteiger partial charge in [-0.25, -0.2) is 4.98 Å². The maximum absolute atomic E-state index is 4.18. The summed E-state index contributed by atoms with van der Waals surface area (Å²) in [6, 6.07) is 2.06. The van der Waals surface area contributed by atoms with Crippen molar-refractivity contribution in [2.75, 3.05) is 0 Å². The highest BCUT2D eigenvalue weighted by Crippen LogP contribution is 2.01. The van der Waals surface area contributed by atoms with Crippen LogP contribution in [0.25, 0.3) is 0 Å². The smallest absolute Gasteiger partial charge is 0.0795 e. The lowest BCUT2D eigenvalue weighted by atomic mass is 10.3. The minimum atomic E-state index is 0.842.